The topological polar surface area (TPSA) is 69.8 Å². The summed E-state index contributed by atoms with van der Waals surface area (Å²) in [5.41, 5.74) is 2.01. The highest BCUT2D eigenvalue weighted by Gasteiger charge is 2.13. The Bertz CT molecular complexity index is 572. The molecular weight excluding hydrogens is 332 g/mol. The highest BCUT2D eigenvalue weighted by atomic mass is 35.5. The molecule has 1 heterocycles. The Morgan fingerprint density at radius 2 is 2.09 bits per heavy atom. The first-order valence-corrected chi connectivity index (χ1v) is 8.79. The predicted octanol–water partition coefficient (Wildman–Crippen LogP) is 2.89. The fourth-order valence-electron chi connectivity index (χ4n) is 2.09. The van der Waals surface area contributed by atoms with Crippen LogP contribution in [-0.4, -0.2) is 41.3 Å². The summed E-state index contributed by atoms with van der Waals surface area (Å²) in [5.74, 6) is 1.45. The van der Waals surface area contributed by atoms with E-state index in [1.54, 1.807) is 11.8 Å². The second-order valence-corrected chi connectivity index (χ2v) is 6.52. The summed E-state index contributed by atoms with van der Waals surface area (Å²) in [6.45, 7) is 6.69. The van der Waals surface area contributed by atoms with Gasteiger partial charge in [0.05, 0.1) is 22.0 Å². The molecule has 5 nitrogen and oxygen atoms in total. The zero-order valence-corrected chi connectivity index (χ0v) is 15.2. The molecule has 0 radical (unpaired) electrons. The van der Waals surface area contributed by atoms with Crippen LogP contribution < -0.4 is 10.6 Å². The standard InChI is InChI=1S/C16H24N4OS.ClH/c1-3-8-17-9-10-18-15(21)11-22-12(2)16-19-13-6-4-5-7-14(13)20-16;/h4-7,12,17H,3,8-11H2,1-2H3,(H,18,21)(H,19,20);1H. The van der Waals surface area contributed by atoms with Crippen molar-refractivity contribution in [2.24, 2.45) is 0 Å². The number of benzene rings is 1. The van der Waals surface area contributed by atoms with Crippen LogP contribution >= 0.6 is 24.2 Å². The van der Waals surface area contributed by atoms with Gasteiger partial charge in [0.2, 0.25) is 5.91 Å². The number of aromatic nitrogens is 2. The molecular formula is C16H25ClN4OS. The van der Waals surface area contributed by atoms with Gasteiger partial charge in [0, 0.05) is 13.1 Å². The fourth-order valence-corrected chi connectivity index (χ4v) is 2.86. The number of hydrogen-bond acceptors (Lipinski definition) is 4. The van der Waals surface area contributed by atoms with Crippen LogP contribution in [0.2, 0.25) is 0 Å². The van der Waals surface area contributed by atoms with Crippen molar-refractivity contribution < 1.29 is 4.79 Å². The van der Waals surface area contributed by atoms with Gasteiger partial charge in [0.1, 0.15) is 5.82 Å². The van der Waals surface area contributed by atoms with Gasteiger partial charge in [0.25, 0.3) is 0 Å². The van der Waals surface area contributed by atoms with Crippen molar-refractivity contribution in [1.82, 2.24) is 20.6 Å². The van der Waals surface area contributed by atoms with Gasteiger partial charge in [-0.3, -0.25) is 4.79 Å². The molecule has 0 saturated heterocycles. The van der Waals surface area contributed by atoms with E-state index < -0.39 is 0 Å². The number of rotatable bonds is 9. The van der Waals surface area contributed by atoms with E-state index in [1.807, 2.05) is 24.3 Å². The van der Waals surface area contributed by atoms with Crippen molar-refractivity contribution in [3.63, 3.8) is 0 Å². The third kappa shape index (κ3) is 6.41. The van der Waals surface area contributed by atoms with E-state index >= 15 is 0 Å². The zero-order valence-electron chi connectivity index (χ0n) is 13.6. The second-order valence-electron chi connectivity index (χ2n) is 5.19. The van der Waals surface area contributed by atoms with Crippen LogP contribution in [-0.2, 0) is 4.79 Å². The molecule has 1 aromatic carbocycles. The zero-order chi connectivity index (χ0) is 15.8. The molecule has 0 spiro atoms. The van der Waals surface area contributed by atoms with Gasteiger partial charge < -0.3 is 15.6 Å². The number of nitrogens with one attached hydrogen (secondary N) is 3. The van der Waals surface area contributed by atoms with Gasteiger partial charge in [-0.15, -0.1) is 24.2 Å². The lowest BCUT2D eigenvalue weighted by Gasteiger charge is -2.09. The van der Waals surface area contributed by atoms with Gasteiger partial charge >= 0.3 is 0 Å². The third-order valence-corrected chi connectivity index (χ3v) is 4.46. The van der Waals surface area contributed by atoms with Crippen LogP contribution in [0.5, 0.6) is 0 Å². The van der Waals surface area contributed by atoms with Gasteiger partial charge in [-0.25, -0.2) is 4.98 Å². The molecule has 128 valence electrons. The lowest BCUT2D eigenvalue weighted by atomic mass is 10.3. The third-order valence-electron chi connectivity index (χ3n) is 3.31. The number of H-pyrrole nitrogens is 1. The number of halogens is 1. The normalized spacial score (nSPS) is 11.9. The van der Waals surface area contributed by atoms with E-state index in [4.69, 9.17) is 0 Å². The van der Waals surface area contributed by atoms with Crippen LogP contribution in [0, 0.1) is 0 Å². The average Bonchev–Trinajstić information content (AvgIpc) is 2.96. The molecule has 1 aromatic heterocycles. The van der Waals surface area contributed by atoms with Crippen molar-refractivity contribution >= 4 is 41.1 Å². The van der Waals surface area contributed by atoms with Crippen molar-refractivity contribution in [3.05, 3.63) is 30.1 Å². The molecule has 23 heavy (non-hydrogen) atoms. The Kier molecular flexibility index (Phi) is 9.06. The van der Waals surface area contributed by atoms with E-state index in [9.17, 15) is 4.79 Å². The number of aromatic amines is 1. The Morgan fingerprint density at radius 3 is 2.83 bits per heavy atom. The number of carbonyl (C=O) groups excluding carboxylic acids is 1. The molecule has 1 unspecified atom stereocenters. The van der Waals surface area contributed by atoms with Crippen LogP contribution in [0.1, 0.15) is 31.3 Å². The summed E-state index contributed by atoms with van der Waals surface area (Å²) in [4.78, 5) is 19.7. The Labute approximate surface area is 147 Å². The van der Waals surface area contributed by atoms with E-state index in [0.29, 0.717) is 12.3 Å². The molecule has 1 atom stereocenters. The number of carbonyl (C=O) groups is 1. The summed E-state index contributed by atoms with van der Waals surface area (Å²) in [6, 6.07) is 7.97. The minimum Gasteiger partial charge on any atom is -0.354 e. The number of fused-ring (bicyclic) bond motifs is 1. The fraction of sp³-hybridized carbons (Fsp3) is 0.500. The Balaban J connectivity index is 0.00000264. The minimum absolute atomic E-state index is 0. The van der Waals surface area contributed by atoms with Gasteiger partial charge in [0.15, 0.2) is 0 Å². The molecule has 0 aliphatic heterocycles. The quantitative estimate of drug-likeness (QED) is 0.604. The molecule has 0 bridgehead atoms. The molecule has 1 amide bonds. The second kappa shape index (κ2) is 10.5. The molecule has 2 aromatic rings. The molecule has 3 N–H and O–H groups in total. The summed E-state index contributed by atoms with van der Waals surface area (Å²) >= 11 is 1.59. The maximum atomic E-state index is 11.8. The summed E-state index contributed by atoms with van der Waals surface area (Å²) in [6.07, 6.45) is 1.11. The number of amides is 1. The molecule has 0 saturated carbocycles. The van der Waals surface area contributed by atoms with E-state index in [2.05, 4.69) is 34.4 Å². The number of hydrogen-bond donors (Lipinski definition) is 3. The SMILES string of the molecule is CCCNCCNC(=O)CSC(C)c1nc2ccccc2[nH]1.Cl. The smallest absolute Gasteiger partial charge is 0.230 e. The van der Waals surface area contributed by atoms with Crippen molar-refractivity contribution in [2.75, 3.05) is 25.4 Å². The first kappa shape index (κ1) is 19.8. The predicted molar refractivity (Wildman–Crippen MR) is 100 cm³/mol. The van der Waals surface area contributed by atoms with Crippen molar-refractivity contribution in [3.8, 4) is 0 Å². The maximum Gasteiger partial charge on any atom is 0.230 e. The highest BCUT2D eigenvalue weighted by Crippen LogP contribution is 2.27. The largest absolute Gasteiger partial charge is 0.354 e. The van der Waals surface area contributed by atoms with E-state index in [1.165, 1.54) is 0 Å². The monoisotopic (exact) mass is 356 g/mol. The Hall–Kier alpha value is -1.24. The van der Waals surface area contributed by atoms with Gasteiger partial charge in [-0.1, -0.05) is 19.1 Å². The first-order valence-electron chi connectivity index (χ1n) is 7.74. The van der Waals surface area contributed by atoms with Crippen LogP contribution in [0.4, 0.5) is 0 Å². The molecule has 0 fully saturated rings. The van der Waals surface area contributed by atoms with Gasteiger partial charge in [-0.05, 0) is 32.0 Å². The molecule has 0 aliphatic rings. The molecule has 0 aliphatic carbocycles. The van der Waals surface area contributed by atoms with Crippen molar-refractivity contribution in [1.29, 1.82) is 0 Å². The Morgan fingerprint density at radius 1 is 1.30 bits per heavy atom. The average molecular weight is 357 g/mol. The van der Waals surface area contributed by atoms with Crippen molar-refractivity contribution in [2.45, 2.75) is 25.5 Å². The number of para-hydroxylation sites is 2. The lowest BCUT2D eigenvalue weighted by molar-refractivity contribution is -0.118. The first-order chi connectivity index (χ1) is 10.7. The summed E-state index contributed by atoms with van der Waals surface area (Å²) in [5, 5.41) is 6.34. The maximum absolute atomic E-state index is 11.8. The molecule has 7 heteroatoms. The van der Waals surface area contributed by atoms with E-state index in [0.717, 1.165) is 36.4 Å². The molecule has 2 rings (SSSR count). The number of thioether (sulfide) groups is 1. The number of imidazole rings is 1. The van der Waals surface area contributed by atoms with Crippen LogP contribution in [0.15, 0.2) is 24.3 Å². The number of nitrogens with zero attached hydrogens (tertiary/aromatic N) is 1. The van der Waals surface area contributed by atoms with Gasteiger partial charge in [-0.2, -0.15) is 0 Å². The highest BCUT2D eigenvalue weighted by molar-refractivity contribution is 8.00. The van der Waals surface area contributed by atoms with Crippen LogP contribution in [0.3, 0.4) is 0 Å². The summed E-state index contributed by atoms with van der Waals surface area (Å²) < 4.78 is 0. The minimum atomic E-state index is 0. The van der Waals surface area contributed by atoms with Crippen LogP contribution in [0.25, 0.3) is 11.0 Å². The lowest BCUT2D eigenvalue weighted by Crippen LogP contribution is -2.33. The van der Waals surface area contributed by atoms with E-state index in [-0.39, 0.29) is 23.6 Å². The summed E-state index contributed by atoms with van der Waals surface area (Å²) in [7, 11) is 0.